The summed E-state index contributed by atoms with van der Waals surface area (Å²) in [7, 11) is 0. The first-order valence-corrected chi connectivity index (χ1v) is 8.43. The number of anilines is 1. The first kappa shape index (κ1) is 18.1. The summed E-state index contributed by atoms with van der Waals surface area (Å²) in [4.78, 5) is 12.5. The minimum absolute atomic E-state index is 0.141. The normalized spacial score (nSPS) is 12.1. The maximum absolute atomic E-state index is 12.5. The molecule has 0 spiro atoms. The molecule has 0 saturated heterocycles. The van der Waals surface area contributed by atoms with Gasteiger partial charge in [-0.25, -0.2) is 0 Å². The summed E-state index contributed by atoms with van der Waals surface area (Å²) in [6, 6.07) is 12.1. The van der Waals surface area contributed by atoms with Crippen LogP contribution in [0.2, 0.25) is 0 Å². The molecule has 3 heteroatoms. The van der Waals surface area contributed by atoms with Crippen LogP contribution in [-0.4, -0.2) is 12.0 Å². The van der Waals surface area contributed by atoms with Crippen LogP contribution < -0.4 is 10.1 Å². The van der Waals surface area contributed by atoms with E-state index in [2.05, 4.69) is 37.4 Å². The van der Waals surface area contributed by atoms with Gasteiger partial charge < -0.3 is 10.1 Å². The Morgan fingerprint density at radius 3 is 2.21 bits per heavy atom. The standard InChI is InChI=1S/C21H27NO2/c1-13(2)18-9-7-15(4)12-20(18)24-17(6)21(23)22-19-10-8-14(3)11-16(19)5/h7-13,17H,1-6H3,(H,22,23)/t17-/m0/s1. The highest BCUT2D eigenvalue weighted by Gasteiger charge is 2.18. The molecule has 128 valence electrons. The Morgan fingerprint density at radius 1 is 0.958 bits per heavy atom. The van der Waals surface area contributed by atoms with E-state index in [4.69, 9.17) is 4.74 Å². The Labute approximate surface area is 145 Å². The summed E-state index contributed by atoms with van der Waals surface area (Å²) in [6.07, 6.45) is -0.565. The first-order valence-electron chi connectivity index (χ1n) is 8.43. The number of benzene rings is 2. The van der Waals surface area contributed by atoms with Crippen LogP contribution >= 0.6 is 0 Å². The second kappa shape index (κ2) is 7.52. The van der Waals surface area contributed by atoms with Crippen molar-refractivity contribution >= 4 is 11.6 Å². The number of aryl methyl sites for hydroxylation is 3. The Bertz CT molecular complexity index is 735. The third kappa shape index (κ3) is 4.38. The van der Waals surface area contributed by atoms with Gasteiger partial charge in [-0.2, -0.15) is 0 Å². The van der Waals surface area contributed by atoms with Gasteiger partial charge in [-0.05, 0) is 62.4 Å². The van der Waals surface area contributed by atoms with Gasteiger partial charge in [-0.15, -0.1) is 0 Å². The van der Waals surface area contributed by atoms with Crippen molar-refractivity contribution in [3.8, 4) is 5.75 Å². The van der Waals surface area contributed by atoms with Crippen LogP contribution in [0.25, 0.3) is 0 Å². The van der Waals surface area contributed by atoms with Crippen molar-refractivity contribution in [1.82, 2.24) is 0 Å². The zero-order chi connectivity index (χ0) is 17.9. The van der Waals surface area contributed by atoms with Crippen LogP contribution in [0.4, 0.5) is 5.69 Å². The second-order valence-corrected chi connectivity index (χ2v) is 6.76. The van der Waals surface area contributed by atoms with E-state index in [1.165, 1.54) is 5.56 Å². The van der Waals surface area contributed by atoms with Crippen LogP contribution in [0, 0.1) is 20.8 Å². The highest BCUT2D eigenvalue weighted by atomic mass is 16.5. The number of rotatable bonds is 5. The lowest BCUT2D eigenvalue weighted by atomic mass is 10.0. The fourth-order valence-electron chi connectivity index (χ4n) is 2.65. The molecule has 0 saturated carbocycles. The molecule has 0 aliphatic rings. The molecule has 2 aromatic rings. The van der Waals surface area contributed by atoms with E-state index in [-0.39, 0.29) is 5.91 Å². The smallest absolute Gasteiger partial charge is 0.265 e. The second-order valence-electron chi connectivity index (χ2n) is 6.76. The van der Waals surface area contributed by atoms with Crippen molar-refractivity contribution in [2.45, 2.75) is 53.6 Å². The molecule has 3 nitrogen and oxygen atoms in total. The van der Waals surface area contributed by atoms with Crippen molar-refractivity contribution in [2.75, 3.05) is 5.32 Å². The molecule has 0 fully saturated rings. The number of carbonyl (C=O) groups excluding carboxylic acids is 1. The maximum Gasteiger partial charge on any atom is 0.265 e. The zero-order valence-electron chi connectivity index (χ0n) is 15.4. The molecule has 24 heavy (non-hydrogen) atoms. The lowest BCUT2D eigenvalue weighted by Gasteiger charge is -2.20. The third-order valence-corrected chi connectivity index (χ3v) is 4.10. The van der Waals surface area contributed by atoms with E-state index in [1.54, 1.807) is 6.92 Å². The Morgan fingerprint density at radius 2 is 1.58 bits per heavy atom. The maximum atomic E-state index is 12.5. The van der Waals surface area contributed by atoms with Crippen LogP contribution in [0.5, 0.6) is 5.75 Å². The predicted octanol–water partition coefficient (Wildman–Crippen LogP) is 5.14. The molecule has 0 aliphatic carbocycles. The van der Waals surface area contributed by atoms with Crippen molar-refractivity contribution in [3.05, 3.63) is 58.7 Å². The minimum atomic E-state index is -0.565. The zero-order valence-corrected chi connectivity index (χ0v) is 15.4. The lowest BCUT2D eigenvalue weighted by molar-refractivity contribution is -0.122. The van der Waals surface area contributed by atoms with E-state index < -0.39 is 6.10 Å². The molecule has 2 rings (SSSR count). The monoisotopic (exact) mass is 325 g/mol. The highest BCUT2D eigenvalue weighted by molar-refractivity contribution is 5.94. The van der Waals surface area contributed by atoms with Crippen molar-refractivity contribution in [2.24, 2.45) is 0 Å². The first-order chi connectivity index (χ1) is 11.3. The molecule has 1 amide bonds. The number of nitrogens with one attached hydrogen (secondary N) is 1. The fourth-order valence-corrected chi connectivity index (χ4v) is 2.65. The van der Waals surface area contributed by atoms with E-state index in [0.29, 0.717) is 5.92 Å². The molecular weight excluding hydrogens is 298 g/mol. The molecule has 2 aromatic carbocycles. The number of hydrogen-bond donors (Lipinski definition) is 1. The molecule has 0 heterocycles. The van der Waals surface area contributed by atoms with Gasteiger partial charge in [0, 0.05) is 5.69 Å². The summed E-state index contributed by atoms with van der Waals surface area (Å²) in [6.45, 7) is 12.1. The topological polar surface area (TPSA) is 38.3 Å². The molecule has 1 N–H and O–H groups in total. The molecule has 1 atom stereocenters. The minimum Gasteiger partial charge on any atom is -0.481 e. The summed E-state index contributed by atoms with van der Waals surface area (Å²) < 4.78 is 5.97. The lowest BCUT2D eigenvalue weighted by Crippen LogP contribution is -2.30. The average molecular weight is 325 g/mol. The number of hydrogen-bond acceptors (Lipinski definition) is 2. The van der Waals surface area contributed by atoms with E-state index in [0.717, 1.165) is 28.1 Å². The number of carbonyl (C=O) groups is 1. The number of amides is 1. The van der Waals surface area contributed by atoms with Gasteiger partial charge in [-0.3, -0.25) is 4.79 Å². The quantitative estimate of drug-likeness (QED) is 0.826. The summed E-state index contributed by atoms with van der Waals surface area (Å²) in [5.41, 5.74) is 5.29. The van der Waals surface area contributed by atoms with Crippen molar-refractivity contribution in [3.63, 3.8) is 0 Å². The Hall–Kier alpha value is -2.29. The largest absolute Gasteiger partial charge is 0.481 e. The van der Waals surface area contributed by atoms with E-state index in [1.807, 2.05) is 39.0 Å². The molecule has 0 aliphatic heterocycles. The van der Waals surface area contributed by atoms with E-state index in [9.17, 15) is 4.79 Å². The SMILES string of the molecule is Cc1ccc(NC(=O)[C@H](C)Oc2cc(C)ccc2C(C)C)c(C)c1. The molecule has 0 unspecified atom stereocenters. The Balaban J connectivity index is 2.13. The van der Waals surface area contributed by atoms with Gasteiger partial charge in [0.05, 0.1) is 0 Å². The van der Waals surface area contributed by atoms with Gasteiger partial charge in [-0.1, -0.05) is 43.7 Å². The van der Waals surface area contributed by atoms with Crippen molar-refractivity contribution < 1.29 is 9.53 Å². The summed E-state index contributed by atoms with van der Waals surface area (Å²) >= 11 is 0. The molecule has 0 bridgehead atoms. The number of ether oxygens (including phenoxy) is 1. The van der Waals surface area contributed by atoms with Gasteiger partial charge in [0.15, 0.2) is 6.10 Å². The van der Waals surface area contributed by atoms with Gasteiger partial charge in [0.2, 0.25) is 0 Å². The van der Waals surface area contributed by atoms with Crippen LogP contribution in [0.15, 0.2) is 36.4 Å². The van der Waals surface area contributed by atoms with Crippen molar-refractivity contribution in [1.29, 1.82) is 0 Å². The van der Waals surface area contributed by atoms with Crippen LogP contribution in [-0.2, 0) is 4.79 Å². The van der Waals surface area contributed by atoms with Gasteiger partial charge >= 0.3 is 0 Å². The summed E-state index contributed by atoms with van der Waals surface area (Å²) in [5.74, 6) is 0.988. The predicted molar refractivity (Wildman–Crippen MR) is 99.9 cm³/mol. The van der Waals surface area contributed by atoms with Crippen LogP contribution in [0.3, 0.4) is 0 Å². The Kier molecular flexibility index (Phi) is 5.66. The van der Waals surface area contributed by atoms with Crippen LogP contribution in [0.1, 0.15) is 48.9 Å². The van der Waals surface area contributed by atoms with Gasteiger partial charge in [0.1, 0.15) is 5.75 Å². The average Bonchev–Trinajstić information content (AvgIpc) is 2.49. The molecule has 0 aromatic heterocycles. The molecule has 0 radical (unpaired) electrons. The van der Waals surface area contributed by atoms with Gasteiger partial charge in [0.25, 0.3) is 5.91 Å². The summed E-state index contributed by atoms with van der Waals surface area (Å²) in [5, 5.41) is 2.96. The molecular formula is C21H27NO2. The van der Waals surface area contributed by atoms with E-state index >= 15 is 0 Å². The fraction of sp³-hybridized carbons (Fsp3) is 0.381. The third-order valence-electron chi connectivity index (χ3n) is 4.10. The highest BCUT2D eigenvalue weighted by Crippen LogP contribution is 2.28.